The lowest BCUT2D eigenvalue weighted by Gasteiger charge is -2.27. The van der Waals surface area contributed by atoms with E-state index in [1.54, 1.807) is 22.3 Å². The summed E-state index contributed by atoms with van der Waals surface area (Å²) in [6.07, 6.45) is 2.58. The molecule has 0 radical (unpaired) electrons. The van der Waals surface area contributed by atoms with Crippen molar-refractivity contribution < 1.29 is 9.59 Å². The van der Waals surface area contributed by atoms with Crippen LogP contribution < -0.4 is 0 Å². The monoisotopic (exact) mass is 446 g/mol. The average Bonchev–Trinajstić information content (AvgIpc) is 3.23. The molecule has 1 heterocycles. The first-order chi connectivity index (χ1) is 15.5. The van der Waals surface area contributed by atoms with Crippen LogP contribution in [0.5, 0.6) is 0 Å². The first-order valence-corrected chi connectivity index (χ1v) is 11.7. The van der Waals surface area contributed by atoms with Gasteiger partial charge in [-0.3, -0.25) is 9.59 Å². The van der Waals surface area contributed by atoms with Crippen LogP contribution in [0.3, 0.4) is 0 Å². The van der Waals surface area contributed by atoms with Gasteiger partial charge in [0, 0.05) is 28.4 Å². The Hall–Kier alpha value is -3.18. The number of aryl methyl sites for hydroxylation is 2. The number of benzene rings is 2. The highest BCUT2D eigenvalue weighted by atomic mass is 32.1. The Labute approximate surface area is 194 Å². The lowest BCUT2D eigenvalue weighted by molar-refractivity contribution is -0.133. The summed E-state index contributed by atoms with van der Waals surface area (Å²) in [6, 6.07) is 21.7. The molecule has 4 nitrogen and oxygen atoms in total. The van der Waals surface area contributed by atoms with Gasteiger partial charge in [-0.05, 0) is 48.7 Å². The molecular formula is C27H30N2O2S. The summed E-state index contributed by atoms with van der Waals surface area (Å²) in [4.78, 5) is 32.2. The molecule has 2 aromatic carbocycles. The maximum Gasteiger partial charge on any atom is 0.254 e. The summed E-state index contributed by atoms with van der Waals surface area (Å²) >= 11 is 1.69. The van der Waals surface area contributed by atoms with Crippen molar-refractivity contribution in [3.05, 3.63) is 106 Å². The van der Waals surface area contributed by atoms with Crippen LogP contribution in [-0.2, 0) is 24.3 Å². The van der Waals surface area contributed by atoms with E-state index in [0.29, 0.717) is 25.2 Å². The van der Waals surface area contributed by atoms with Gasteiger partial charge in [0.15, 0.2) is 0 Å². The van der Waals surface area contributed by atoms with Crippen LogP contribution in [0.4, 0.5) is 0 Å². The third-order valence-corrected chi connectivity index (χ3v) is 6.27. The van der Waals surface area contributed by atoms with Gasteiger partial charge in [0.05, 0.1) is 6.54 Å². The second kappa shape index (κ2) is 11.4. The smallest absolute Gasteiger partial charge is 0.254 e. The van der Waals surface area contributed by atoms with Crippen LogP contribution in [0.2, 0.25) is 0 Å². The zero-order valence-corrected chi connectivity index (χ0v) is 19.6. The minimum absolute atomic E-state index is 0.0115. The number of nitrogens with zero attached hydrogens (tertiary/aromatic N) is 2. The van der Waals surface area contributed by atoms with Crippen molar-refractivity contribution in [1.29, 1.82) is 0 Å². The summed E-state index contributed by atoms with van der Waals surface area (Å²) in [7, 11) is 0. The standard InChI is InChI=1S/C27H30N2O2S/c1-4-17-28(27(31)24-14-12-22(5-2)13-15-24)20-26(30)29(18-23-9-7-6-8-10-23)19-25-16-11-21(3)32-25/h4,6-16H,1,5,17-20H2,2-3H3. The Kier molecular flexibility index (Phi) is 8.40. The summed E-state index contributed by atoms with van der Waals surface area (Å²) in [5.74, 6) is -0.243. The van der Waals surface area contributed by atoms with Gasteiger partial charge < -0.3 is 9.80 Å². The Bertz CT molecular complexity index is 1040. The lowest BCUT2D eigenvalue weighted by atomic mass is 10.1. The largest absolute Gasteiger partial charge is 0.332 e. The van der Waals surface area contributed by atoms with E-state index in [4.69, 9.17) is 0 Å². The van der Waals surface area contributed by atoms with Crippen molar-refractivity contribution in [2.24, 2.45) is 0 Å². The van der Waals surface area contributed by atoms with Crippen LogP contribution in [0.1, 0.15) is 38.2 Å². The zero-order chi connectivity index (χ0) is 22.9. The van der Waals surface area contributed by atoms with Crippen molar-refractivity contribution >= 4 is 23.2 Å². The minimum Gasteiger partial charge on any atom is -0.332 e. The number of hydrogen-bond acceptors (Lipinski definition) is 3. The van der Waals surface area contributed by atoms with Crippen molar-refractivity contribution in [1.82, 2.24) is 9.80 Å². The molecule has 0 saturated carbocycles. The van der Waals surface area contributed by atoms with Gasteiger partial charge in [-0.15, -0.1) is 17.9 Å². The van der Waals surface area contributed by atoms with Crippen LogP contribution in [0.25, 0.3) is 0 Å². The molecule has 0 N–H and O–H groups in total. The second-order valence-electron chi connectivity index (χ2n) is 7.77. The van der Waals surface area contributed by atoms with Gasteiger partial charge in [0.25, 0.3) is 5.91 Å². The summed E-state index contributed by atoms with van der Waals surface area (Å²) in [5, 5.41) is 0. The molecule has 0 aliphatic heterocycles. The third kappa shape index (κ3) is 6.41. The summed E-state index contributed by atoms with van der Waals surface area (Å²) in [6.45, 7) is 9.27. The molecule has 32 heavy (non-hydrogen) atoms. The van der Waals surface area contributed by atoms with E-state index < -0.39 is 0 Å². The molecule has 1 aromatic heterocycles. The lowest BCUT2D eigenvalue weighted by Crippen LogP contribution is -2.42. The predicted molar refractivity (Wildman–Crippen MR) is 132 cm³/mol. The molecule has 0 bridgehead atoms. The van der Waals surface area contributed by atoms with Crippen LogP contribution in [-0.4, -0.2) is 34.7 Å². The molecule has 0 unspecified atom stereocenters. The number of rotatable bonds is 10. The fourth-order valence-electron chi connectivity index (χ4n) is 3.50. The van der Waals surface area contributed by atoms with E-state index in [9.17, 15) is 9.59 Å². The Balaban J connectivity index is 1.78. The van der Waals surface area contributed by atoms with Crippen molar-refractivity contribution in [3.8, 4) is 0 Å². The molecule has 0 fully saturated rings. The predicted octanol–water partition coefficient (Wildman–Crippen LogP) is 5.48. The van der Waals surface area contributed by atoms with Gasteiger partial charge in [-0.25, -0.2) is 0 Å². The van der Waals surface area contributed by atoms with E-state index in [-0.39, 0.29) is 18.4 Å². The Morgan fingerprint density at radius 3 is 2.22 bits per heavy atom. The fourth-order valence-corrected chi connectivity index (χ4v) is 4.40. The molecular weight excluding hydrogens is 416 g/mol. The molecule has 5 heteroatoms. The quantitative estimate of drug-likeness (QED) is 0.387. The molecule has 0 atom stereocenters. The highest BCUT2D eigenvalue weighted by Gasteiger charge is 2.22. The van der Waals surface area contributed by atoms with Gasteiger partial charge in [-0.1, -0.05) is 55.5 Å². The number of carbonyl (C=O) groups is 2. The van der Waals surface area contributed by atoms with Gasteiger partial charge in [0.1, 0.15) is 6.54 Å². The van der Waals surface area contributed by atoms with Gasteiger partial charge in [-0.2, -0.15) is 0 Å². The van der Waals surface area contributed by atoms with Gasteiger partial charge in [0.2, 0.25) is 5.91 Å². The first-order valence-electron chi connectivity index (χ1n) is 10.9. The molecule has 0 saturated heterocycles. The van der Waals surface area contributed by atoms with E-state index in [1.165, 1.54) is 10.4 Å². The van der Waals surface area contributed by atoms with Crippen LogP contribution >= 0.6 is 11.3 Å². The summed E-state index contributed by atoms with van der Waals surface area (Å²) in [5.41, 5.74) is 2.82. The van der Waals surface area contributed by atoms with Crippen LogP contribution in [0.15, 0.2) is 79.4 Å². The zero-order valence-electron chi connectivity index (χ0n) is 18.8. The Morgan fingerprint density at radius 2 is 1.62 bits per heavy atom. The normalized spacial score (nSPS) is 10.6. The topological polar surface area (TPSA) is 40.6 Å². The molecule has 3 rings (SSSR count). The first kappa shape index (κ1) is 23.5. The number of thiophene rings is 1. The molecule has 166 valence electrons. The number of carbonyl (C=O) groups excluding carboxylic acids is 2. The van der Waals surface area contributed by atoms with Gasteiger partial charge >= 0.3 is 0 Å². The van der Waals surface area contributed by atoms with Crippen LogP contribution in [0, 0.1) is 6.92 Å². The summed E-state index contributed by atoms with van der Waals surface area (Å²) < 4.78 is 0. The average molecular weight is 447 g/mol. The molecule has 0 aliphatic rings. The minimum atomic E-state index is -0.160. The molecule has 3 aromatic rings. The number of hydrogen-bond donors (Lipinski definition) is 0. The molecule has 0 aliphatic carbocycles. The van der Waals surface area contributed by atoms with Crippen molar-refractivity contribution in [3.63, 3.8) is 0 Å². The van der Waals surface area contributed by atoms with E-state index in [2.05, 4.69) is 32.6 Å². The Morgan fingerprint density at radius 1 is 0.906 bits per heavy atom. The van der Waals surface area contributed by atoms with Crippen molar-refractivity contribution in [2.75, 3.05) is 13.1 Å². The molecule has 0 spiro atoms. The highest BCUT2D eigenvalue weighted by Crippen LogP contribution is 2.19. The highest BCUT2D eigenvalue weighted by molar-refractivity contribution is 7.11. The number of amides is 2. The SMILES string of the molecule is C=CCN(CC(=O)N(Cc1ccccc1)Cc1ccc(C)s1)C(=O)c1ccc(CC)cc1. The van der Waals surface area contributed by atoms with E-state index in [1.807, 2.05) is 59.5 Å². The maximum absolute atomic E-state index is 13.4. The van der Waals surface area contributed by atoms with Crippen molar-refractivity contribution in [2.45, 2.75) is 33.4 Å². The molecule has 2 amide bonds. The maximum atomic E-state index is 13.4. The van der Waals surface area contributed by atoms with E-state index >= 15 is 0 Å². The fraction of sp³-hybridized carbons (Fsp3) is 0.259. The third-order valence-electron chi connectivity index (χ3n) is 5.28. The van der Waals surface area contributed by atoms with E-state index in [0.717, 1.165) is 16.9 Å². The second-order valence-corrected chi connectivity index (χ2v) is 9.15.